The number of carbonyl (C=O) groups is 1. The Morgan fingerprint density at radius 2 is 2.00 bits per heavy atom. The van der Waals surface area contributed by atoms with Crippen molar-refractivity contribution in [3.05, 3.63) is 34.9 Å². The zero-order valence-corrected chi connectivity index (χ0v) is 10.3. The van der Waals surface area contributed by atoms with Crippen LogP contribution in [0.3, 0.4) is 0 Å². The van der Waals surface area contributed by atoms with Crippen LogP contribution >= 0.6 is 0 Å². The average Bonchev–Trinajstić information content (AvgIpc) is 2.61. The Morgan fingerprint density at radius 3 is 2.47 bits per heavy atom. The third-order valence-electron chi connectivity index (χ3n) is 3.10. The Balaban J connectivity index is 2.68. The van der Waals surface area contributed by atoms with Crippen LogP contribution < -0.4 is 0 Å². The van der Waals surface area contributed by atoms with Crippen LogP contribution in [0.25, 0.3) is 0 Å². The first kappa shape index (κ1) is 13.4. The lowest BCUT2D eigenvalue weighted by Crippen LogP contribution is -2.34. The second-order valence-corrected chi connectivity index (χ2v) is 4.61. The number of fused-ring (bicyclic) bond motifs is 1. The fourth-order valence-corrected chi connectivity index (χ4v) is 2.33. The summed E-state index contributed by atoms with van der Waals surface area (Å²) < 4.78 is 38.8. The van der Waals surface area contributed by atoms with Crippen molar-refractivity contribution in [1.82, 2.24) is 4.90 Å². The number of alkyl halides is 3. The second-order valence-electron chi connectivity index (χ2n) is 4.61. The molecule has 0 spiro atoms. The molecule has 1 heterocycles. The van der Waals surface area contributed by atoms with Crippen molar-refractivity contribution in [3.8, 4) is 6.07 Å². The highest BCUT2D eigenvalue weighted by Gasteiger charge is 2.45. The summed E-state index contributed by atoms with van der Waals surface area (Å²) in [5.74, 6) is -0.732. The second kappa shape index (κ2) is 4.26. The molecule has 0 aliphatic carbocycles. The summed E-state index contributed by atoms with van der Waals surface area (Å²) in [5.41, 5.74) is -1.23. The van der Waals surface area contributed by atoms with Crippen LogP contribution in [-0.2, 0) is 6.18 Å². The largest absolute Gasteiger partial charge is 0.417 e. The topological polar surface area (TPSA) is 44.1 Å². The summed E-state index contributed by atoms with van der Waals surface area (Å²) in [6.45, 7) is 3.34. The van der Waals surface area contributed by atoms with Crippen molar-refractivity contribution >= 4 is 5.91 Å². The van der Waals surface area contributed by atoms with E-state index in [9.17, 15) is 18.0 Å². The third kappa shape index (κ3) is 1.95. The first-order chi connectivity index (χ1) is 8.79. The number of benzene rings is 1. The summed E-state index contributed by atoms with van der Waals surface area (Å²) in [5, 5.41) is 9.12. The van der Waals surface area contributed by atoms with E-state index in [1.54, 1.807) is 13.8 Å². The molecule has 19 heavy (non-hydrogen) atoms. The van der Waals surface area contributed by atoms with Gasteiger partial charge in [0.15, 0.2) is 0 Å². The summed E-state index contributed by atoms with van der Waals surface area (Å²) in [7, 11) is 0. The van der Waals surface area contributed by atoms with E-state index in [-0.39, 0.29) is 11.6 Å². The zero-order valence-electron chi connectivity index (χ0n) is 10.3. The first-order valence-corrected chi connectivity index (χ1v) is 5.71. The molecule has 100 valence electrons. The number of hydrogen-bond acceptors (Lipinski definition) is 2. The summed E-state index contributed by atoms with van der Waals surface area (Å²) in [4.78, 5) is 13.3. The van der Waals surface area contributed by atoms with Crippen LogP contribution in [0.4, 0.5) is 13.2 Å². The highest BCUT2D eigenvalue weighted by atomic mass is 19.4. The van der Waals surface area contributed by atoms with Crippen molar-refractivity contribution in [1.29, 1.82) is 5.26 Å². The molecule has 0 aromatic heterocycles. The molecule has 0 bridgehead atoms. The van der Waals surface area contributed by atoms with E-state index in [0.717, 1.165) is 6.07 Å². The SMILES string of the molecule is CC(C)N1C(=O)c2c(cccc2C(F)(F)F)C1C#N. The van der Waals surface area contributed by atoms with Gasteiger partial charge in [0, 0.05) is 11.6 Å². The normalized spacial score (nSPS) is 18.7. The smallest absolute Gasteiger partial charge is 0.316 e. The molecule has 3 nitrogen and oxygen atoms in total. The van der Waals surface area contributed by atoms with Crippen LogP contribution in [0.5, 0.6) is 0 Å². The van der Waals surface area contributed by atoms with Crippen LogP contribution in [0.1, 0.15) is 41.4 Å². The van der Waals surface area contributed by atoms with Crippen LogP contribution in [0.15, 0.2) is 18.2 Å². The van der Waals surface area contributed by atoms with Crippen molar-refractivity contribution in [2.45, 2.75) is 32.1 Å². The highest BCUT2D eigenvalue weighted by molar-refractivity contribution is 6.01. The van der Waals surface area contributed by atoms with Gasteiger partial charge in [-0.05, 0) is 19.9 Å². The minimum atomic E-state index is -4.60. The van der Waals surface area contributed by atoms with Gasteiger partial charge in [-0.3, -0.25) is 4.79 Å². The number of rotatable bonds is 1. The molecule has 1 aliphatic heterocycles. The molecular formula is C13H11F3N2O. The van der Waals surface area contributed by atoms with E-state index in [0.29, 0.717) is 0 Å². The Bertz CT molecular complexity index is 572. The standard InChI is InChI=1S/C13H11F3N2O/c1-7(2)18-10(6-17)8-4-3-5-9(13(14,15)16)11(8)12(18)19/h3-5,7,10H,1-2H3. The van der Waals surface area contributed by atoms with E-state index in [1.807, 2.05) is 6.07 Å². The molecule has 1 atom stereocenters. The predicted octanol–water partition coefficient (Wildman–Crippen LogP) is 3.13. The Kier molecular flexibility index (Phi) is 3.01. The molecule has 6 heteroatoms. The number of halogens is 3. The van der Waals surface area contributed by atoms with E-state index in [4.69, 9.17) is 5.26 Å². The Labute approximate surface area is 108 Å². The molecule has 1 amide bonds. The molecule has 1 aliphatic rings. The maximum atomic E-state index is 12.9. The van der Waals surface area contributed by atoms with Crippen LogP contribution in [-0.4, -0.2) is 16.8 Å². The molecule has 1 aromatic carbocycles. The van der Waals surface area contributed by atoms with Gasteiger partial charge in [0.25, 0.3) is 5.91 Å². The molecule has 0 radical (unpaired) electrons. The minimum absolute atomic E-state index is 0.135. The quantitative estimate of drug-likeness (QED) is 0.785. The van der Waals surface area contributed by atoms with E-state index >= 15 is 0 Å². The van der Waals surface area contributed by atoms with Crippen molar-refractivity contribution in [2.24, 2.45) is 0 Å². The zero-order chi connectivity index (χ0) is 14.4. The highest BCUT2D eigenvalue weighted by Crippen LogP contribution is 2.41. The van der Waals surface area contributed by atoms with Gasteiger partial charge >= 0.3 is 6.18 Å². The minimum Gasteiger partial charge on any atom is -0.316 e. The molecule has 0 saturated heterocycles. The third-order valence-corrected chi connectivity index (χ3v) is 3.10. The van der Waals surface area contributed by atoms with Gasteiger partial charge in [0.05, 0.1) is 17.2 Å². The molecule has 0 N–H and O–H groups in total. The maximum Gasteiger partial charge on any atom is 0.417 e. The fraction of sp³-hybridized carbons (Fsp3) is 0.385. The fourth-order valence-electron chi connectivity index (χ4n) is 2.33. The van der Waals surface area contributed by atoms with Crippen LogP contribution in [0, 0.1) is 11.3 Å². The van der Waals surface area contributed by atoms with E-state index in [1.165, 1.54) is 17.0 Å². The molecular weight excluding hydrogens is 257 g/mol. The van der Waals surface area contributed by atoms with Gasteiger partial charge in [-0.25, -0.2) is 0 Å². The number of hydrogen-bond donors (Lipinski definition) is 0. The number of nitrogens with zero attached hydrogens (tertiary/aromatic N) is 2. The molecule has 0 saturated carbocycles. The van der Waals surface area contributed by atoms with Crippen molar-refractivity contribution in [3.63, 3.8) is 0 Å². The van der Waals surface area contributed by atoms with Crippen molar-refractivity contribution < 1.29 is 18.0 Å². The average molecular weight is 268 g/mol. The van der Waals surface area contributed by atoms with Gasteiger partial charge in [-0.15, -0.1) is 0 Å². The monoisotopic (exact) mass is 268 g/mol. The molecule has 1 unspecified atom stereocenters. The summed E-state index contributed by atoms with van der Waals surface area (Å²) >= 11 is 0. The first-order valence-electron chi connectivity index (χ1n) is 5.71. The van der Waals surface area contributed by atoms with Gasteiger partial charge < -0.3 is 4.90 Å². The number of amides is 1. The molecule has 1 aromatic rings. The summed E-state index contributed by atoms with van der Waals surface area (Å²) in [6, 6.07) is 4.10. The number of carbonyl (C=O) groups excluding carboxylic acids is 1. The van der Waals surface area contributed by atoms with Gasteiger partial charge in [0.2, 0.25) is 0 Å². The lowest BCUT2D eigenvalue weighted by molar-refractivity contribution is -0.137. The maximum absolute atomic E-state index is 12.9. The van der Waals surface area contributed by atoms with Gasteiger partial charge in [-0.1, -0.05) is 12.1 Å². The predicted molar refractivity (Wildman–Crippen MR) is 61.1 cm³/mol. The Morgan fingerprint density at radius 1 is 1.37 bits per heavy atom. The molecule has 2 rings (SSSR count). The van der Waals surface area contributed by atoms with Gasteiger partial charge in [-0.2, -0.15) is 18.4 Å². The lowest BCUT2D eigenvalue weighted by Gasteiger charge is -2.24. The van der Waals surface area contributed by atoms with Crippen molar-refractivity contribution in [2.75, 3.05) is 0 Å². The van der Waals surface area contributed by atoms with Gasteiger partial charge in [0.1, 0.15) is 6.04 Å². The lowest BCUT2D eigenvalue weighted by atomic mass is 10.00. The summed E-state index contributed by atoms with van der Waals surface area (Å²) in [6.07, 6.45) is -4.60. The number of nitriles is 1. The Hall–Kier alpha value is -2.03. The van der Waals surface area contributed by atoms with E-state index in [2.05, 4.69) is 0 Å². The molecule has 0 fully saturated rings. The van der Waals surface area contributed by atoms with Crippen LogP contribution in [0.2, 0.25) is 0 Å². The van der Waals surface area contributed by atoms with E-state index < -0.39 is 29.3 Å².